The van der Waals surface area contributed by atoms with Crippen LogP contribution in [0.4, 0.5) is 5.69 Å². The van der Waals surface area contributed by atoms with Gasteiger partial charge in [-0.15, -0.1) is 0 Å². The van der Waals surface area contributed by atoms with Crippen molar-refractivity contribution >= 4 is 34.1 Å². The van der Waals surface area contributed by atoms with Gasteiger partial charge in [0.25, 0.3) is 0 Å². The van der Waals surface area contributed by atoms with Gasteiger partial charge in [-0.1, -0.05) is 11.6 Å². The van der Waals surface area contributed by atoms with Gasteiger partial charge >= 0.3 is 0 Å². The third-order valence-electron chi connectivity index (χ3n) is 3.87. The molecule has 5 nitrogen and oxygen atoms in total. The van der Waals surface area contributed by atoms with E-state index >= 15 is 0 Å². The van der Waals surface area contributed by atoms with E-state index < -0.39 is 0 Å². The van der Waals surface area contributed by atoms with Crippen molar-refractivity contribution in [2.24, 2.45) is 0 Å². The fraction of sp³-hybridized carbons (Fsp3) is 0.222. The molecule has 24 heavy (non-hydrogen) atoms. The Balaban J connectivity index is 1.66. The van der Waals surface area contributed by atoms with Crippen molar-refractivity contribution < 1.29 is 9.53 Å². The number of fused-ring (bicyclic) bond motifs is 1. The molecule has 1 heterocycles. The number of halogens is 1. The van der Waals surface area contributed by atoms with Crippen LogP contribution in [0.25, 0.3) is 10.9 Å². The maximum absolute atomic E-state index is 12.2. The van der Waals surface area contributed by atoms with Crippen molar-refractivity contribution in [2.45, 2.75) is 19.9 Å². The number of carbonyl (C=O) groups excluding carboxylic acids is 1. The maximum Gasteiger partial charge on any atom is 0.226 e. The van der Waals surface area contributed by atoms with Gasteiger partial charge in [0, 0.05) is 22.5 Å². The van der Waals surface area contributed by atoms with Gasteiger partial charge in [0.2, 0.25) is 5.91 Å². The predicted octanol–water partition coefficient (Wildman–Crippen LogP) is 4.04. The van der Waals surface area contributed by atoms with E-state index in [4.69, 9.17) is 16.3 Å². The number of nitrogens with one attached hydrogen (secondary N) is 1. The molecule has 1 aromatic heterocycles. The summed E-state index contributed by atoms with van der Waals surface area (Å²) in [7, 11) is 1.62. The summed E-state index contributed by atoms with van der Waals surface area (Å²) in [4.78, 5) is 12.2. The van der Waals surface area contributed by atoms with Crippen LogP contribution in [-0.4, -0.2) is 22.8 Å². The van der Waals surface area contributed by atoms with Gasteiger partial charge in [-0.05, 0) is 48.9 Å². The van der Waals surface area contributed by atoms with Crippen LogP contribution >= 0.6 is 11.6 Å². The Morgan fingerprint density at radius 3 is 2.88 bits per heavy atom. The van der Waals surface area contributed by atoms with Crippen LogP contribution in [0.1, 0.15) is 12.0 Å². The van der Waals surface area contributed by atoms with Gasteiger partial charge in [-0.25, -0.2) is 0 Å². The third-order valence-corrected chi connectivity index (χ3v) is 4.10. The third kappa shape index (κ3) is 3.51. The van der Waals surface area contributed by atoms with Gasteiger partial charge in [-0.2, -0.15) is 5.10 Å². The van der Waals surface area contributed by atoms with Crippen molar-refractivity contribution in [3.05, 3.63) is 53.2 Å². The van der Waals surface area contributed by atoms with Crippen molar-refractivity contribution in [1.29, 1.82) is 0 Å². The Kier molecular flexibility index (Phi) is 4.71. The lowest BCUT2D eigenvalue weighted by atomic mass is 10.2. The molecular weight excluding hydrogens is 326 g/mol. The first-order valence-corrected chi connectivity index (χ1v) is 8.00. The molecule has 0 saturated heterocycles. The number of aryl methyl sites for hydroxylation is 2. The summed E-state index contributed by atoms with van der Waals surface area (Å²) in [6, 6.07) is 11.2. The molecule has 0 unspecified atom stereocenters. The monoisotopic (exact) mass is 343 g/mol. The lowest BCUT2D eigenvalue weighted by Gasteiger charge is -2.10. The average Bonchev–Trinajstić information content (AvgIpc) is 2.97. The summed E-state index contributed by atoms with van der Waals surface area (Å²) in [5.74, 6) is 0.708. The Hall–Kier alpha value is -2.53. The molecule has 2 aromatic carbocycles. The molecule has 0 fully saturated rings. The van der Waals surface area contributed by atoms with Crippen LogP contribution in [-0.2, 0) is 11.3 Å². The number of amides is 1. The molecule has 0 atom stereocenters. The van der Waals surface area contributed by atoms with Gasteiger partial charge in [-0.3, -0.25) is 9.48 Å². The van der Waals surface area contributed by atoms with Crippen molar-refractivity contribution in [3.63, 3.8) is 0 Å². The van der Waals surface area contributed by atoms with Crippen molar-refractivity contribution in [3.8, 4) is 5.75 Å². The number of rotatable bonds is 5. The number of hydrogen-bond acceptors (Lipinski definition) is 3. The zero-order valence-electron chi connectivity index (χ0n) is 13.5. The van der Waals surface area contributed by atoms with E-state index in [0.29, 0.717) is 18.0 Å². The Bertz CT molecular complexity index is 889. The number of aromatic nitrogens is 2. The van der Waals surface area contributed by atoms with E-state index in [-0.39, 0.29) is 5.91 Å². The van der Waals surface area contributed by atoms with Gasteiger partial charge < -0.3 is 10.1 Å². The van der Waals surface area contributed by atoms with Crippen LogP contribution in [0, 0.1) is 6.92 Å². The van der Waals surface area contributed by atoms with E-state index in [1.54, 1.807) is 18.0 Å². The Morgan fingerprint density at radius 2 is 2.12 bits per heavy atom. The first-order valence-electron chi connectivity index (χ1n) is 7.62. The summed E-state index contributed by atoms with van der Waals surface area (Å²) >= 11 is 6.03. The number of benzene rings is 2. The highest BCUT2D eigenvalue weighted by Gasteiger charge is 2.08. The largest absolute Gasteiger partial charge is 0.497 e. The van der Waals surface area contributed by atoms with Crippen LogP contribution < -0.4 is 10.1 Å². The molecule has 3 aromatic rings. The molecule has 0 spiro atoms. The fourth-order valence-corrected chi connectivity index (χ4v) is 2.71. The molecule has 124 valence electrons. The lowest BCUT2D eigenvalue weighted by molar-refractivity contribution is -0.116. The number of methoxy groups -OCH3 is 1. The summed E-state index contributed by atoms with van der Waals surface area (Å²) in [6.45, 7) is 2.42. The summed E-state index contributed by atoms with van der Waals surface area (Å²) in [5.41, 5.74) is 2.67. The Morgan fingerprint density at radius 1 is 1.29 bits per heavy atom. The summed E-state index contributed by atoms with van der Waals surface area (Å²) < 4.78 is 6.96. The van der Waals surface area contributed by atoms with Crippen molar-refractivity contribution in [1.82, 2.24) is 9.78 Å². The minimum Gasteiger partial charge on any atom is -0.497 e. The minimum atomic E-state index is -0.0612. The van der Waals surface area contributed by atoms with Crippen LogP contribution in [0.3, 0.4) is 0 Å². The standard InChI is InChI=1S/C18H18ClN3O2/c1-12-9-15(24-2)5-6-16(12)21-18(23)7-8-22-17-10-14(19)4-3-13(17)11-20-22/h3-6,9-11H,7-8H2,1-2H3,(H,21,23). The number of ether oxygens (including phenoxy) is 1. The van der Waals surface area contributed by atoms with Gasteiger partial charge in [0.05, 0.1) is 25.4 Å². The fourth-order valence-electron chi connectivity index (χ4n) is 2.55. The highest BCUT2D eigenvalue weighted by atomic mass is 35.5. The van der Waals surface area contributed by atoms with Gasteiger partial charge in [0.15, 0.2) is 0 Å². The molecule has 0 aliphatic heterocycles. The number of anilines is 1. The first kappa shape index (κ1) is 16.3. The number of carbonyl (C=O) groups is 1. The second-order valence-corrected chi connectivity index (χ2v) is 5.99. The lowest BCUT2D eigenvalue weighted by Crippen LogP contribution is -2.15. The zero-order valence-corrected chi connectivity index (χ0v) is 14.3. The van der Waals surface area contributed by atoms with Crippen molar-refractivity contribution in [2.75, 3.05) is 12.4 Å². The second-order valence-electron chi connectivity index (χ2n) is 5.55. The van der Waals surface area contributed by atoms with E-state index in [1.165, 1.54) is 0 Å². The minimum absolute atomic E-state index is 0.0612. The van der Waals surface area contributed by atoms with Gasteiger partial charge in [0.1, 0.15) is 5.75 Å². The highest BCUT2D eigenvalue weighted by molar-refractivity contribution is 6.31. The number of hydrogen-bond donors (Lipinski definition) is 1. The molecular formula is C18H18ClN3O2. The predicted molar refractivity (Wildman–Crippen MR) is 95.7 cm³/mol. The smallest absolute Gasteiger partial charge is 0.226 e. The quantitative estimate of drug-likeness (QED) is 0.760. The first-order chi connectivity index (χ1) is 11.6. The van der Waals surface area contributed by atoms with E-state index in [1.807, 2.05) is 43.3 Å². The van der Waals surface area contributed by atoms with Crippen LogP contribution in [0.5, 0.6) is 5.75 Å². The molecule has 0 radical (unpaired) electrons. The molecule has 1 amide bonds. The van der Waals surface area contributed by atoms with E-state index in [2.05, 4.69) is 10.4 Å². The number of nitrogens with zero attached hydrogens (tertiary/aromatic N) is 2. The molecule has 3 rings (SSSR count). The molecule has 6 heteroatoms. The summed E-state index contributed by atoms with van der Waals surface area (Å²) in [6.07, 6.45) is 2.10. The van der Waals surface area contributed by atoms with Crippen LogP contribution in [0.15, 0.2) is 42.6 Å². The maximum atomic E-state index is 12.2. The zero-order chi connectivity index (χ0) is 17.1. The highest BCUT2D eigenvalue weighted by Crippen LogP contribution is 2.22. The van der Waals surface area contributed by atoms with E-state index in [0.717, 1.165) is 27.9 Å². The summed E-state index contributed by atoms with van der Waals surface area (Å²) in [5, 5.41) is 8.90. The Labute approximate surface area is 145 Å². The molecule has 0 aliphatic rings. The normalized spacial score (nSPS) is 10.8. The second kappa shape index (κ2) is 6.93. The van der Waals surface area contributed by atoms with E-state index in [9.17, 15) is 4.79 Å². The topological polar surface area (TPSA) is 56.1 Å². The van der Waals surface area contributed by atoms with Crippen LogP contribution in [0.2, 0.25) is 5.02 Å². The molecule has 0 saturated carbocycles. The molecule has 1 N–H and O–H groups in total. The average molecular weight is 344 g/mol. The SMILES string of the molecule is COc1ccc(NC(=O)CCn2ncc3ccc(Cl)cc32)c(C)c1. The molecule has 0 bridgehead atoms. The molecule has 0 aliphatic carbocycles.